The van der Waals surface area contributed by atoms with Crippen LogP contribution in [0.4, 0.5) is 5.82 Å². The van der Waals surface area contributed by atoms with Crippen LogP contribution in [0, 0.1) is 0 Å². The molecule has 0 saturated heterocycles. The van der Waals surface area contributed by atoms with E-state index < -0.39 is 6.10 Å². The standard InChI is InChI=1S/C16H19N5OS/c1-2-14(22)13-8-11-9-20(5-3-6-21(11)19-13)15-12-4-7-23-16(12)18-10-17-15/h4,7-8,10,14,22H,2-3,5-6,9H2,1H3/t14-/m0/s1. The van der Waals surface area contributed by atoms with Crippen molar-refractivity contribution in [1.82, 2.24) is 19.7 Å². The second kappa shape index (κ2) is 5.90. The zero-order valence-electron chi connectivity index (χ0n) is 13.0. The Labute approximate surface area is 138 Å². The van der Waals surface area contributed by atoms with Gasteiger partial charge in [0.1, 0.15) is 17.0 Å². The summed E-state index contributed by atoms with van der Waals surface area (Å²) in [4.78, 5) is 12.2. The first-order valence-electron chi connectivity index (χ1n) is 7.94. The SMILES string of the molecule is CC[C@H](O)c1cc2n(n1)CCCN(c1ncnc3sccc13)C2. The number of anilines is 1. The number of aliphatic hydroxyl groups is 1. The highest BCUT2D eigenvalue weighted by Crippen LogP contribution is 2.29. The molecular weight excluding hydrogens is 310 g/mol. The average Bonchev–Trinajstić information content (AvgIpc) is 3.16. The van der Waals surface area contributed by atoms with Crippen LogP contribution in [0.2, 0.25) is 0 Å². The van der Waals surface area contributed by atoms with E-state index >= 15 is 0 Å². The normalized spacial score (nSPS) is 16.3. The molecule has 4 rings (SSSR count). The Balaban J connectivity index is 1.69. The van der Waals surface area contributed by atoms with E-state index in [9.17, 15) is 5.11 Å². The fourth-order valence-electron chi connectivity index (χ4n) is 3.07. The Morgan fingerprint density at radius 3 is 3.13 bits per heavy atom. The topological polar surface area (TPSA) is 67.1 Å². The fraction of sp³-hybridized carbons (Fsp3) is 0.438. The van der Waals surface area contributed by atoms with E-state index in [1.165, 1.54) is 0 Å². The van der Waals surface area contributed by atoms with Crippen LogP contribution < -0.4 is 4.90 Å². The van der Waals surface area contributed by atoms with Gasteiger partial charge in [0.2, 0.25) is 0 Å². The molecule has 0 spiro atoms. The van der Waals surface area contributed by atoms with Crippen molar-refractivity contribution in [2.45, 2.75) is 39.0 Å². The van der Waals surface area contributed by atoms with Crippen molar-refractivity contribution in [3.8, 4) is 0 Å². The number of hydrogen-bond acceptors (Lipinski definition) is 6. The van der Waals surface area contributed by atoms with Crippen LogP contribution in [-0.4, -0.2) is 31.4 Å². The molecule has 6 nitrogen and oxygen atoms in total. The molecule has 0 fully saturated rings. The molecule has 0 radical (unpaired) electrons. The summed E-state index contributed by atoms with van der Waals surface area (Å²) >= 11 is 1.64. The Bertz CT molecular complexity index is 827. The first kappa shape index (κ1) is 14.6. The number of hydrogen-bond donors (Lipinski definition) is 1. The molecule has 1 N–H and O–H groups in total. The van der Waals surface area contributed by atoms with E-state index in [0.717, 1.165) is 53.5 Å². The lowest BCUT2D eigenvalue weighted by Crippen LogP contribution is -2.23. The summed E-state index contributed by atoms with van der Waals surface area (Å²) in [5, 5.41) is 17.8. The molecule has 3 aromatic rings. The van der Waals surface area contributed by atoms with Crippen LogP contribution >= 0.6 is 11.3 Å². The molecule has 0 bridgehead atoms. The number of aliphatic hydroxyl groups excluding tert-OH is 1. The predicted octanol–water partition coefficient (Wildman–Crippen LogP) is 2.74. The molecule has 3 aromatic heterocycles. The van der Waals surface area contributed by atoms with Gasteiger partial charge in [-0.3, -0.25) is 4.68 Å². The molecule has 0 unspecified atom stereocenters. The minimum absolute atomic E-state index is 0.481. The van der Waals surface area contributed by atoms with Gasteiger partial charge in [-0.1, -0.05) is 6.92 Å². The van der Waals surface area contributed by atoms with E-state index in [0.29, 0.717) is 6.42 Å². The number of fused-ring (bicyclic) bond motifs is 2. The van der Waals surface area contributed by atoms with E-state index in [-0.39, 0.29) is 0 Å². The number of rotatable bonds is 3. The zero-order valence-corrected chi connectivity index (χ0v) is 13.8. The van der Waals surface area contributed by atoms with E-state index in [1.807, 2.05) is 17.7 Å². The number of aromatic nitrogens is 4. The van der Waals surface area contributed by atoms with Gasteiger partial charge < -0.3 is 10.0 Å². The largest absolute Gasteiger partial charge is 0.387 e. The molecule has 7 heteroatoms. The van der Waals surface area contributed by atoms with Crippen molar-refractivity contribution in [2.75, 3.05) is 11.4 Å². The lowest BCUT2D eigenvalue weighted by molar-refractivity contribution is 0.168. The first-order valence-corrected chi connectivity index (χ1v) is 8.82. The molecule has 0 amide bonds. The monoisotopic (exact) mass is 329 g/mol. The minimum Gasteiger partial charge on any atom is -0.387 e. The van der Waals surface area contributed by atoms with Gasteiger partial charge in [0.05, 0.1) is 29.4 Å². The van der Waals surface area contributed by atoms with Crippen LogP contribution in [0.5, 0.6) is 0 Å². The molecule has 0 saturated carbocycles. The lowest BCUT2D eigenvalue weighted by Gasteiger charge is -2.21. The molecule has 0 aromatic carbocycles. The molecule has 1 aliphatic heterocycles. The van der Waals surface area contributed by atoms with Crippen molar-refractivity contribution in [1.29, 1.82) is 0 Å². The third kappa shape index (κ3) is 2.60. The van der Waals surface area contributed by atoms with Gasteiger partial charge in [-0.05, 0) is 30.4 Å². The summed E-state index contributed by atoms with van der Waals surface area (Å²) in [5.74, 6) is 0.989. The van der Waals surface area contributed by atoms with E-state index in [4.69, 9.17) is 0 Å². The summed E-state index contributed by atoms with van der Waals surface area (Å²) in [7, 11) is 0. The van der Waals surface area contributed by atoms with Crippen molar-refractivity contribution < 1.29 is 5.11 Å². The maximum Gasteiger partial charge on any atom is 0.141 e. The Kier molecular flexibility index (Phi) is 3.74. The molecule has 120 valence electrons. The molecule has 1 aliphatic rings. The highest BCUT2D eigenvalue weighted by Gasteiger charge is 2.21. The van der Waals surface area contributed by atoms with Crippen LogP contribution in [0.1, 0.15) is 37.3 Å². The highest BCUT2D eigenvalue weighted by molar-refractivity contribution is 7.16. The van der Waals surface area contributed by atoms with E-state index in [2.05, 4.69) is 31.4 Å². The number of thiophene rings is 1. The summed E-state index contributed by atoms with van der Waals surface area (Å²) in [5.41, 5.74) is 1.90. The second-order valence-electron chi connectivity index (χ2n) is 5.82. The van der Waals surface area contributed by atoms with E-state index in [1.54, 1.807) is 17.7 Å². The van der Waals surface area contributed by atoms with Crippen molar-refractivity contribution in [2.24, 2.45) is 0 Å². The van der Waals surface area contributed by atoms with Crippen LogP contribution in [0.25, 0.3) is 10.2 Å². The van der Waals surface area contributed by atoms with Gasteiger partial charge >= 0.3 is 0 Å². The maximum atomic E-state index is 10.0. The summed E-state index contributed by atoms with van der Waals surface area (Å²) in [6.45, 7) is 4.54. The highest BCUT2D eigenvalue weighted by atomic mass is 32.1. The van der Waals surface area contributed by atoms with Gasteiger partial charge in [-0.2, -0.15) is 5.10 Å². The van der Waals surface area contributed by atoms with Gasteiger partial charge in [-0.15, -0.1) is 11.3 Å². The minimum atomic E-state index is -0.481. The van der Waals surface area contributed by atoms with Crippen LogP contribution in [0.3, 0.4) is 0 Å². The predicted molar refractivity (Wildman–Crippen MR) is 90.6 cm³/mol. The smallest absolute Gasteiger partial charge is 0.141 e. The summed E-state index contributed by atoms with van der Waals surface area (Å²) in [6.07, 6.45) is 2.85. The van der Waals surface area contributed by atoms with Crippen molar-refractivity contribution >= 4 is 27.4 Å². The molecule has 23 heavy (non-hydrogen) atoms. The molecule has 1 atom stereocenters. The molecular formula is C16H19N5OS. The van der Waals surface area contributed by atoms with Gasteiger partial charge in [-0.25, -0.2) is 9.97 Å². The third-order valence-corrected chi connectivity index (χ3v) is 5.12. The van der Waals surface area contributed by atoms with Gasteiger partial charge in [0.25, 0.3) is 0 Å². The summed E-state index contributed by atoms with van der Waals surface area (Å²) in [6, 6.07) is 4.11. The number of aryl methyl sites for hydroxylation is 1. The Morgan fingerprint density at radius 1 is 1.35 bits per heavy atom. The Hall–Kier alpha value is -1.99. The number of nitrogens with zero attached hydrogens (tertiary/aromatic N) is 5. The fourth-order valence-corrected chi connectivity index (χ4v) is 3.79. The van der Waals surface area contributed by atoms with Gasteiger partial charge in [0, 0.05) is 13.1 Å². The zero-order chi connectivity index (χ0) is 15.8. The van der Waals surface area contributed by atoms with Gasteiger partial charge in [0.15, 0.2) is 0 Å². The quantitative estimate of drug-likeness (QED) is 0.800. The summed E-state index contributed by atoms with van der Waals surface area (Å²) < 4.78 is 2.03. The van der Waals surface area contributed by atoms with Crippen molar-refractivity contribution in [3.63, 3.8) is 0 Å². The van der Waals surface area contributed by atoms with Crippen LogP contribution in [0.15, 0.2) is 23.8 Å². The molecule has 4 heterocycles. The second-order valence-corrected chi connectivity index (χ2v) is 6.71. The van der Waals surface area contributed by atoms with Crippen molar-refractivity contribution in [3.05, 3.63) is 35.2 Å². The lowest BCUT2D eigenvalue weighted by atomic mass is 10.2. The molecule has 0 aliphatic carbocycles. The maximum absolute atomic E-state index is 10.0. The average molecular weight is 329 g/mol. The Morgan fingerprint density at radius 2 is 2.26 bits per heavy atom. The third-order valence-electron chi connectivity index (χ3n) is 4.30. The first-order chi connectivity index (χ1) is 11.3. The van der Waals surface area contributed by atoms with Crippen LogP contribution in [-0.2, 0) is 13.1 Å².